The van der Waals surface area contributed by atoms with E-state index in [0.717, 1.165) is 18.4 Å². The third kappa shape index (κ3) is 1.64. The van der Waals surface area contributed by atoms with Crippen molar-refractivity contribution in [3.05, 3.63) is 0 Å². The zero-order valence-electron chi connectivity index (χ0n) is 8.16. The Morgan fingerprint density at radius 1 is 1.25 bits per heavy atom. The van der Waals surface area contributed by atoms with Crippen LogP contribution in [-0.2, 0) is 0 Å². The molecule has 2 N–H and O–H groups in total. The SMILES string of the molecule is CC1CN(CC2CC2C)CC1N. The van der Waals surface area contributed by atoms with Crippen LogP contribution in [0.15, 0.2) is 0 Å². The molecule has 0 aromatic rings. The highest BCUT2D eigenvalue weighted by Crippen LogP contribution is 2.38. The van der Waals surface area contributed by atoms with E-state index in [2.05, 4.69) is 18.7 Å². The molecule has 2 aliphatic rings. The third-order valence-electron chi connectivity index (χ3n) is 3.51. The molecule has 0 aromatic carbocycles. The molecule has 1 aliphatic carbocycles. The first-order valence-corrected chi connectivity index (χ1v) is 5.14. The van der Waals surface area contributed by atoms with E-state index in [1.807, 2.05) is 0 Å². The van der Waals surface area contributed by atoms with Gasteiger partial charge in [0.2, 0.25) is 0 Å². The van der Waals surface area contributed by atoms with Crippen molar-refractivity contribution < 1.29 is 0 Å². The molecule has 1 aliphatic heterocycles. The fourth-order valence-corrected chi connectivity index (χ4v) is 2.23. The second kappa shape index (κ2) is 3.00. The first kappa shape index (κ1) is 8.52. The number of likely N-dealkylation sites (tertiary alicyclic amines) is 1. The van der Waals surface area contributed by atoms with Crippen molar-refractivity contribution in [1.29, 1.82) is 0 Å². The summed E-state index contributed by atoms with van der Waals surface area (Å²) in [7, 11) is 0. The van der Waals surface area contributed by atoms with Crippen molar-refractivity contribution in [2.75, 3.05) is 19.6 Å². The third-order valence-corrected chi connectivity index (χ3v) is 3.51. The molecule has 1 saturated carbocycles. The number of hydrogen-bond donors (Lipinski definition) is 1. The van der Waals surface area contributed by atoms with E-state index in [-0.39, 0.29) is 0 Å². The van der Waals surface area contributed by atoms with Crippen molar-refractivity contribution in [1.82, 2.24) is 4.90 Å². The van der Waals surface area contributed by atoms with Gasteiger partial charge in [0.25, 0.3) is 0 Å². The Morgan fingerprint density at radius 2 is 1.92 bits per heavy atom. The number of nitrogens with zero attached hydrogens (tertiary/aromatic N) is 1. The van der Waals surface area contributed by atoms with Crippen LogP contribution in [0.25, 0.3) is 0 Å². The summed E-state index contributed by atoms with van der Waals surface area (Å²) < 4.78 is 0. The molecule has 2 heteroatoms. The molecular formula is C10H20N2. The van der Waals surface area contributed by atoms with E-state index >= 15 is 0 Å². The van der Waals surface area contributed by atoms with Crippen LogP contribution in [0.2, 0.25) is 0 Å². The van der Waals surface area contributed by atoms with E-state index in [0.29, 0.717) is 12.0 Å². The second-order valence-electron chi connectivity index (χ2n) is 4.83. The van der Waals surface area contributed by atoms with Crippen LogP contribution in [0.5, 0.6) is 0 Å². The van der Waals surface area contributed by atoms with Crippen LogP contribution in [-0.4, -0.2) is 30.6 Å². The van der Waals surface area contributed by atoms with E-state index in [9.17, 15) is 0 Å². The van der Waals surface area contributed by atoms with Gasteiger partial charge in [0, 0.05) is 25.7 Å². The smallest absolute Gasteiger partial charge is 0.0206 e. The summed E-state index contributed by atoms with van der Waals surface area (Å²) in [6.07, 6.45) is 1.44. The molecule has 0 spiro atoms. The van der Waals surface area contributed by atoms with Crippen LogP contribution in [0.3, 0.4) is 0 Å². The molecule has 0 radical (unpaired) electrons. The zero-order chi connectivity index (χ0) is 8.72. The van der Waals surface area contributed by atoms with Gasteiger partial charge in [0.05, 0.1) is 0 Å². The minimum absolute atomic E-state index is 0.430. The van der Waals surface area contributed by atoms with Gasteiger partial charge >= 0.3 is 0 Å². The second-order valence-corrected chi connectivity index (χ2v) is 4.83. The largest absolute Gasteiger partial charge is 0.326 e. The molecule has 2 rings (SSSR count). The Kier molecular flexibility index (Phi) is 2.13. The normalized spacial score (nSPS) is 48.2. The Hall–Kier alpha value is -0.0800. The van der Waals surface area contributed by atoms with Crippen LogP contribution in [0, 0.1) is 17.8 Å². The van der Waals surface area contributed by atoms with E-state index in [1.54, 1.807) is 0 Å². The van der Waals surface area contributed by atoms with Crippen molar-refractivity contribution in [3.63, 3.8) is 0 Å². The monoisotopic (exact) mass is 168 g/mol. The lowest BCUT2D eigenvalue weighted by Crippen LogP contribution is -2.29. The highest BCUT2D eigenvalue weighted by molar-refractivity contribution is 4.90. The van der Waals surface area contributed by atoms with E-state index in [1.165, 1.54) is 19.5 Å². The van der Waals surface area contributed by atoms with Crippen molar-refractivity contribution in [3.8, 4) is 0 Å². The molecule has 0 amide bonds. The maximum absolute atomic E-state index is 5.96. The Bertz CT molecular complexity index is 159. The van der Waals surface area contributed by atoms with Gasteiger partial charge in [0.1, 0.15) is 0 Å². The maximum Gasteiger partial charge on any atom is 0.0206 e. The summed E-state index contributed by atoms with van der Waals surface area (Å²) in [6, 6.07) is 0.430. The molecule has 4 atom stereocenters. The molecule has 1 heterocycles. The summed E-state index contributed by atoms with van der Waals surface area (Å²) in [4.78, 5) is 2.55. The summed E-state index contributed by atoms with van der Waals surface area (Å²) >= 11 is 0. The molecule has 0 aromatic heterocycles. The van der Waals surface area contributed by atoms with Gasteiger partial charge in [-0.2, -0.15) is 0 Å². The molecule has 4 unspecified atom stereocenters. The molecule has 70 valence electrons. The quantitative estimate of drug-likeness (QED) is 0.664. The number of nitrogens with two attached hydrogens (primary N) is 1. The summed E-state index contributed by atoms with van der Waals surface area (Å²) in [5.74, 6) is 2.68. The lowest BCUT2D eigenvalue weighted by Gasteiger charge is -2.14. The molecule has 1 saturated heterocycles. The average Bonchev–Trinajstić information content (AvgIpc) is 2.56. The van der Waals surface area contributed by atoms with E-state index < -0.39 is 0 Å². The van der Waals surface area contributed by atoms with Gasteiger partial charge in [-0.15, -0.1) is 0 Å². The minimum atomic E-state index is 0.430. The summed E-state index contributed by atoms with van der Waals surface area (Å²) in [5, 5.41) is 0. The lowest BCUT2D eigenvalue weighted by molar-refractivity contribution is 0.307. The number of hydrogen-bond acceptors (Lipinski definition) is 2. The average molecular weight is 168 g/mol. The predicted molar refractivity (Wildman–Crippen MR) is 50.9 cm³/mol. The highest BCUT2D eigenvalue weighted by Gasteiger charge is 2.36. The minimum Gasteiger partial charge on any atom is -0.326 e. The first-order chi connectivity index (χ1) is 5.66. The van der Waals surface area contributed by atoms with Crippen LogP contribution < -0.4 is 5.73 Å². The van der Waals surface area contributed by atoms with Crippen molar-refractivity contribution >= 4 is 0 Å². The Morgan fingerprint density at radius 3 is 2.33 bits per heavy atom. The highest BCUT2D eigenvalue weighted by atomic mass is 15.2. The lowest BCUT2D eigenvalue weighted by atomic mass is 10.1. The van der Waals surface area contributed by atoms with Crippen LogP contribution >= 0.6 is 0 Å². The topological polar surface area (TPSA) is 29.3 Å². The van der Waals surface area contributed by atoms with Crippen molar-refractivity contribution in [2.24, 2.45) is 23.5 Å². The molecule has 0 bridgehead atoms. The van der Waals surface area contributed by atoms with Crippen molar-refractivity contribution in [2.45, 2.75) is 26.3 Å². The fraction of sp³-hybridized carbons (Fsp3) is 1.00. The van der Waals surface area contributed by atoms with E-state index in [4.69, 9.17) is 5.73 Å². The Balaban J connectivity index is 1.76. The fourth-order valence-electron chi connectivity index (χ4n) is 2.23. The summed E-state index contributed by atoms with van der Waals surface area (Å²) in [5.41, 5.74) is 5.96. The Labute approximate surface area is 75.1 Å². The van der Waals surface area contributed by atoms with Gasteiger partial charge in [-0.25, -0.2) is 0 Å². The van der Waals surface area contributed by atoms with Gasteiger partial charge in [0.15, 0.2) is 0 Å². The van der Waals surface area contributed by atoms with Gasteiger partial charge in [-0.1, -0.05) is 13.8 Å². The standard InChI is InChI=1S/C10H20N2/c1-7-3-9(7)5-12-4-8(2)10(11)6-12/h7-10H,3-6,11H2,1-2H3. The molecule has 12 heavy (non-hydrogen) atoms. The van der Waals surface area contributed by atoms with Gasteiger partial charge in [-0.05, 0) is 24.2 Å². The summed E-state index contributed by atoms with van der Waals surface area (Å²) in [6.45, 7) is 8.28. The zero-order valence-corrected chi connectivity index (χ0v) is 8.16. The number of rotatable bonds is 2. The first-order valence-electron chi connectivity index (χ1n) is 5.14. The predicted octanol–water partition coefficient (Wildman–Crippen LogP) is 0.921. The van der Waals surface area contributed by atoms with Gasteiger partial charge < -0.3 is 10.6 Å². The molecule has 2 nitrogen and oxygen atoms in total. The maximum atomic E-state index is 5.96. The molecule has 2 fully saturated rings. The molecular weight excluding hydrogens is 148 g/mol. The van der Waals surface area contributed by atoms with Gasteiger partial charge in [-0.3, -0.25) is 0 Å². The van der Waals surface area contributed by atoms with Crippen LogP contribution in [0.4, 0.5) is 0 Å². The van der Waals surface area contributed by atoms with Crippen LogP contribution in [0.1, 0.15) is 20.3 Å².